The number of rotatable bonds is 8. The number of thioether (sulfide) groups is 1. The maximum atomic E-state index is 13.0. The minimum absolute atomic E-state index is 0.125. The highest BCUT2D eigenvalue weighted by Gasteiger charge is 2.11. The van der Waals surface area contributed by atoms with Crippen molar-refractivity contribution in [3.8, 4) is 11.3 Å². The number of amides is 1. The molecule has 0 radical (unpaired) electrons. The number of benzene rings is 2. The summed E-state index contributed by atoms with van der Waals surface area (Å²) in [6.07, 6.45) is 0. The molecule has 0 atom stereocenters. The minimum atomic E-state index is -0.374. The summed E-state index contributed by atoms with van der Waals surface area (Å²) in [5.41, 5.74) is 3.92. The molecule has 1 amide bonds. The fraction of sp³-hybridized carbons (Fsp3) is 0.227. The van der Waals surface area contributed by atoms with Gasteiger partial charge in [0.15, 0.2) is 4.34 Å². The van der Waals surface area contributed by atoms with Crippen molar-refractivity contribution in [3.05, 3.63) is 70.4 Å². The van der Waals surface area contributed by atoms with Crippen LogP contribution in [0.4, 0.5) is 4.39 Å². The van der Waals surface area contributed by atoms with Crippen molar-refractivity contribution >= 4 is 35.0 Å². The van der Waals surface area contributed by atoms with Crippen LogP contribution in [0.1, 0.15) is 28.4 Å². The molecule has 3 aromatic rings. The van der Waals surface area contributed by atoms with Gasteiger partial charge < -0.3 is 10.1 Å². The molecule has 156 valence electrons. The van der Waals surface area contributed by atoms with Crippen LogP contribution in [0, 0.1) is 12.7 Å². The number of carbonyl (C=O) groups is 2. The summed E-state index contributed by atoms with van der Waals surface area (Å²) in [5.74, 6) is -0.559. The van der Waals surface area contributed by atoms with Gasteiger partial charge in [-0.3, -0.25) is 4.79 Å². The molecule has 0 saturated heterocycles. The van der Waals surface area contributed by atoms with Gasteiger partial charge in [-0.15, -0.1) is 11.3 Å². The molecule has 0 saturated carbocycles. The van der Waals surface area contributed by atoms with Gasteiger partial charge in [0.25, 0.3) is 0 Å². The number of hydrogen-bond acceptors (Lipinski definition) is 6. The molecule has 0 spiro atoms. The SMILES string of the molecule is CCOC(=O)c1ccc(C)c(CNC(=O)CSc2nc(-c3ccc(F)cc3)cs2)c1. The van der Waals surface area contributed by atoms with E-state index in [0.29, 0.717) is 18.7 Å². The summed E-state index contributed by atoms with van der Waals surface area (Å²) in [5, 5.41) is 4.76. The summed E-state index contributed by atoms with van der Waals surface area (Å²) in [7, 11) is 0. The van der Waals surface area contributed by atoms with Crippen LogP contribution in [-0.2, 0) is 16.1 Å². The van der Waals surface area contributed by atoms with Crippen molar-refractivity contribution in [1.29, 1.82) is 0 Å². The van der Waals surface area contributed by atoms with Gasteiger partial charge in [-0.05, 0) is 61.4 Å². The van der Waals surface area contributed by atoms with Gasteiger partial charge in [-0.25, -0.2) is 14.2 Å². The Bertz CT molecular complexity index is 1040. The minimum Gasteiger partial charge on any atom is -0.462 e. The van der Waals surface area contributed by atoms with E-state index in [1.54, 1.807) is 31.2 Å². The Morgan fingerprint density at radius 2 is 1.97 bits per heavy atom. The van der Waals surface area contributed by atoms with E-state index in [1.165, 1.54) is 35.2 Å². The van der Waals surface area contributed by atoms with Crippen molar-refractivity contribution in [1.82, 2.24) is 10.3 Å². The number of carbonyl (C=O) groups excluding carboxylic acids is 2. The van der Waals surface area contributed by atoms with Crippen molar-refractivity contribution in [2.24, 2.45) is 0 Å². The zero-order chi connectivity index (χ0) is 21.5. The number of halogens is 1. The molecule has 8 heteroatoms. The molecular weight excluding hydrogens is 423 g/mol. The molecule has 1 aromatic heterocycles. The number of aryl methyl sites for hydroxylation is 1. The van der Waals surface area contributed by atoms with Gasteiger partial charge in [-0.1, -0.05) is 17.8 Å². The number of aromatic nitrogens is 1. The number of thiazole rings is 1. The highest BCUT2D eigenvalue weighted by molar-refractivity contribution is 8.01. The van der Waals surface area contributed by atoms with E-state index >= 15 is 0 Å². The zero-order valence-corrected chi connectivity index (χ0v) is 18.2. The van der Waals surface area contributed by atoms with Gasteiger partial charge in [0.2, 0.25) is 5.91 Å². The second-order valence-corrected chi connectivity index (χ2v) is 8.51. The monoisotopic (exact) mass is 444 g/mol. The molecule has 0 aliphatic carbocycles. The topological polar surface area (TPSA) is 68.3 Å². The molecule has 0 bridgehead atoms. The molecule has 1 N–H and O–H groups in total. The van der Waals surface area contributed by atoms with Crippen LogP contribution < -0.4 is 5.32 Å². The van der Waals surface area contributed by atoms with E-state index in [4.69, 9.17) is 4.74 Å². The fourth-order valence-electron chi connectivity index (χ4n) is 2.65. The highest BCUT2D eigenvalue weighted by Crippen LogP contribution is 2.28. The third kappa shape index (κ3) is 5.90. The molecule has 3 rings (SSSR count). The average Bonchev–Trinajstić information content (AvgIpc) is 3.21. The number of ether oxygens (including phenoxy) is 1. The van der Waals surface area contributed by atoms with E-state index in [9.17, 15) is 14.0 Å². The third-order valence-corrected chi connectivity index (χ3v) is 6.31. The van der Waals surface area contributed by atoms with Crippen molar-refractivity contribution in [2.75, 3.05) is 12.4 Å². The molecule has 0 aliphatic rings. The first-order valence-corrected chi connectivity index (χ1v) is 11.2. The third-order valence-electron chi connectivity index (χ3n) is 4.29. The number of nitrogens with one attached hydrogen (secondary N) is 1. The van der Waals surface area contributed by atoms with Crippen LogP contribution in [0.25, 0.3) is 11.3 Å². The summed E-state index contributed by atoms with van der Waals surface area (Å²) < 4.78 is 18.8. The lowest BCUT2D eigenvalue weighted by atomic mass is 10.0. The van der Waals surface area contributed by atoms with Crippen LogP contribution in [0.5, 0.6) is 0 Å². The van der Waals surface area contributed by atoms with Crippen LogP contribution >= 0.6 is 23.1 Å². The van der Waals surface area contributed by atoms with Gasteiger partial charge in [0.1, 0.15) is 5.82 Å². The molecule has 0 aliphatic heterocycles. The number of esters is 1. The Hall–Kier alpha value is -2.71. The number of hydrogen-bond donors (Lipinski definition) is 1. The predicted octanol–water partition coefficient (Wildman–Crippen LogP) is 4.84. The molecule has 1 heterocycles. The molecule has 2 aromatic carbocycles. The Morgan fingerprint density at radius 3 is 2.70 bits per heavy atom. The first-order valence-electron chi connectivity index (χ1n) is 9.34. The van der Waals surface area contributed by atoms with Crippen molar-refractivity contribution < 1.29 is 18.7 Å². The highest BCUT2D eigenvalue weighted by atomic mass is 32.2. The Labute approximate surface area is 182 Å². The van der Waals surface area contributed by atoms with Crippen LogP contribution in [0.3, 0.4) is 0 Å². The van der Waals surface area contributed by atoms with Crippen LogP contribution in [-0.4, -0.2) is 29.2 Å². The fourth-order valence-corrected chi connectivity index (χ4v) is 4.32. The zero-order valence-electron chi connectivity index (χ0n) is 16.6. The molecular formula is C22H21FN2O3S2. The summed E-state index contributed by atoms with van der Waals surface area (Å²) in [6.45, 7) is 4.33. The summed E-state index contributed by atoms with van der Waals surface area (Å²) in [6, 6.07) is 11.5. The molecule has 0 fully saturated rings. The van der Waals surface area contributed by atoms with E-state index in [2.05, 4.69) is 10.3 Å². The van der Waals surface area contributed by atoms with Gasteiger partial charge in [-0.2, -0.15) is 0 Å². The maximum Gasteiger partial charge on any atom is 0.338 e. The van der Waals surface area contributed by atoms with Crippen molar-refractivity contribution in [3.63, 3.8) is 0 Å². The van der Waals surface area contributed by atoms with Gasteiger partial charge >= 0.3 is 5.97 Å². The second-order valence-electron chi connectivity index (χ2n) is 6.43. The Kier molecular flexibility index (Phi) is 7.59. The second kappa shape index (κ2) is 10.4. The van der Waals surface area contributed by atoms with E-state index in [1.807, 2.05) is 18.4 Å². The normalized spacial score (nSPS) is 10.6. The summed E-state index contributed by atoms with van der Waals surface area (Å²) >= 11 is 2.79. The lowest BCUT2D eigenvalue weighted by Gasteiger charge is -2.10. The first-order chi connectivity index (χ1) is 14.5. The Morgan fingerprint density at radius 1 is 1.20 bits per heavy atom. The van der Waals surface area contributed by atoms with Crippen LogP contribution in [0.15, 0.2) is 52.2 Å². The Balaban J connectivity index is 1.53. The van der Waals surface area contributed by atoms with Gasteiger partial charge in [0, 0.05) is 17.5 Å². The lowest BCUT2D eigenvalue weighted by Crippen LogP contribution is -2.25. The molecule has 30 heavy (non-hydrogen) atoms. The van der Waals surface area contributed by atoms with E-state index in [0.717, 1.165) is 26.7 Å². The first kappa shape index (κ1) is 22.0. The quantitative estimate of drug-likeness (QED) is 0.398. The van der Waals surface area contributed by atoms with Crippen molar-refractivity contribution in [2.45, 2.75) is 24.7 Å². The molecule has 0 unspecified atom stereocenters. The lowest BCUT2D eigenvalue weighted by molar-refractivity contribution is -0.118. The standard InChI is InChI=1S/C22H21FN2O3S2/c1-3-28-21(27)16-5-4-14(2)17(10-16)11-24-20(26)13-30-22-25-19(12-29-22)15-6-8-18(23)9-7-15/h4-10,12H,3,11,13H2,1-2H3,(H,24,26). The average molecular weight is 445 g/mol. The van der Waals surface area contributed by atoms with E-state index < -0.39 is 0 Å². The van der Waals surface area contributed by atoms with E-state index in [-0.39, 0.29) is 23.4 Å². The van der Waals surface area contributed by atoms with Gasteiger partial charge in [0.05, 0.1) is 23.6 Å². The summed E-state index contributed by atoms with van der Waals surface area (Å²) in [4.78, 5) is 28.6. The van der Waals surface area contributed by atoms with Crippen LogP contribution in [0.2, 0.25) is 0 Å². The maximum absolute atomic E-state index is 13.0. The molecule has 5 nitrogen and oxygen atoms in total. The largest absolute Gasteiger partial charge is 0.462 e. The predicted molar refractivity (Wildman–Crippen MR) is 117 cm³/mol. The number of nitrogens with zero attached hydrogens (tertiary/aromatic N) is 1. The smallest absolute Gasteiger partial charge is 0.338 e.